The highest BCUT2D eigenvalue weighted by Crippen LogP contribution is 2.63. The van der Waals surface area contributed by atoms with E-state index in [1.807, 2.05) is 0 Å². The van der Waals surface area contributed by atoms with Crippen molar-refractivity contribution in [3.05, 3.63) is 17.0 Å². The molecule has 0 spiro atoms. The summed E-state index contributed by atoms with van der Waals surface area (Å²) in [5, 5.41) is 3.42. The predicted molar refractivity (Wildman–Crippen MR) is 64.5 cm³/mol. The van der Waals surface area contributed by atoms with Crippen molar-refractivity contribution < 1.29 is 92.2 Å². The third kappa shape index (κ3) is 4.22. The lowest BCUT2D eigenvalue weighted by Crippen LogP contribution is -2.59. The Bertz CT molecular complexity index is 859. The molecular formula is C12F21N3. The summed E-state index contributed by atoms with van der Waals surface area (Å²) in [6, 6.07) is 0. The lowest BCUT2D eigenvalue weighted by molar-refractivity contribution is -0.367. The van der Waals surface area contributed by atoms with Gasteiger partial charge in [0.15, 0.2) is 0 Å². The van der Waals surface area contributed by atoms with E-state index in [1.54, 1.807) is 0 Å². The molecule has 3 nitrogen and oxygen atoms in total. The highest BCUT2D eigenvalue weighted by atomic mass is 19.4. The van der Waals surface area contributed by atoms with Crippen molar-refractivity contribution in [2.24, 2.45) is 0 Å². The highest BCUT2D eigenvalue weighted by molar-refractivity contribution is 5.43. The number of alkyl halides is 21. The molecular weight excluding hydrogens is 585 g/mol. The van der Waals surface area contributed by atoms with Crippen LogP contribution < -0.4 is 0 Å². The van der Waals surface area contributed by atoms with E-state index in [1.165, 1.54) is 5.21 Å². The summed E-state index contributed by atoms with van der Waals surface area (Å²) in [5.41, 5.74) is -38.9. The molecule has 24 heteroatoms. The minimum atomic E-state index is -8.21. The molecule has 0 aliphatic carbocycles. The fourth-order valence-electron chi connectivity index (χ4n) is 2.44. The lowest BCUT2D eigenvalue weighted by Gasteiger charge is -2.38. The van der Waals surface area contributed by atoms with E-state index in [0.717, 1.165) is 10.2 Å². The van der Waals surface area contributed by atoms with Gasteiger partial charge in [-0.1, -0.05) is 0 Å². The van der Waals surface area contributed by atoms with Crippen molar-refractivity contribution in [3.63, 3.8) is 0 Å². The first-order chi connectivity index (χ1) is 15.3. The van der Waals surface area contributed by atoms with Gasteiger partial charge >= 0.3 is 54.1 Å². The average Bonchev–Trinajstić information content (AvgIpc) is 2.59. The van der Waals surface area contributed by atoms with E-state index >= 15 is 0 Å². The monoisotopic (exact) mass is 585 g/mol. The maximum absolute atomic E-state index is 14.5. The Morgan fingerprint density at radius 3 is 0.667 bits per heavy atom. The van der Waals surface area contributed by atoms with Gasteiger partial charge in [-0.3, -0.25) is 0 Å². The van der Waals surface area contributed by atoms with Gasteiger partial charge in [-0.2, -0.15) is 79.0 Å². The smallest absolute Gasteiger partial charge is 0.218 e. The second-order valence-corrected chi connectivity index (χ2v) is 6.32. The van der Waals surface area contributed by atoms with Gasteiger partial charge in [0.1, 0.15) is 11.4 Å². The number of hydrogen-bond donors (Lipinski definition) is 0. The summed E-state index contributed by atoms with van der Waals surface area (Å²) in [6.07, 6.45) is -48.0. The standard InChI is InChI=1S/C12F21N3/c13-4(7(16,17)18,8(19,20)21)1-2(5(14,9(22,23)24)10(25,26)27)34-36-35-3(1)6(15,11(28,29)30)12(31,32)33. The second-order valence-electron chi connectivity index (χ2n) is 6.32. The van der Waals surface area contributed by atoms with Crippen molar-refractivity contribution >= 4 is 0 Å². The summed E-state index contributed by atoms with van der Waals surface area (Å²) >= 11 is 0. The zero-order valence-electron chi connectivity index (χ0n) is 15.3. The van der Waals surface area contributed by atoms with Crippen LogP contribution in [0.1, 0.15) is 17.0 Å². The molecule has 0 unspecified atom stereocenters. The van der Waals surface area contributed by atoms with Crippen molar-refractivity contribution in [3.8, 4) is 0 Å². The normalized spacial score (nSPS) is 15.9. The van der Waals surface area contributed by atoms with Gasteiger partial charge in [-0.15, -0.1) is 10.2 Å². The van der Waals surface area contributed by atoms with Gasteiger partial charge in [0.2, 0.25) is 0 Å². The molecule has 1 rings (SSSR count). The minimum absolute atomic E-state index is 1.10. The Labute approximate surface area is 180 Å². The lowest BCUT2D eigenvalue weighted by atomic mass is 9.80. The van der Waals surface area contributed by atoms with E-state index in [2.05, 4.69) is 0 Å². The average molecular weight is 585 g/mol. The Hall–Kier alpha value is -2.46. The largest absolute Gasteiger partial charge is 0.437 e. The van der Waals surface area contributed by atoms with Crippen molar-refractivity contribution in [2.45, 2.75) is 54.1 Å². The van der Waals surface area contributed by atoms with Crippen LogP contribution >= 0.6 is 0 Å². The van der Waals surface area contributed by atoms with Crippen LogP contribution in [0.2, 0.25) is 0 Å². The first-order valence-electron chi connectivity index (χ1n) is 7.57. The highest BCUT2D eigenvalue weighted by Gasteiger charge is 2.84. The molecule has 210 valence electrons. The predicted octanol–water partition coefficient (Wildman–Crippen LogP) is 6.74. The quantitative estimate of drug-likeness (QED) is 0.369. The number of halogens is 21. The van der Waals surface area contributed by atoms with Crippen LogP contribution in [0.5, 0.6) is 0 Å². The van der Waals surface area contributed by atoms with Crippen molar-refractivity contribution in [1.82, 2.24) is 15.4 Å². The van der Waals surface area contributed by atoms with Gasteiger partial charge in [0.25, 0.3) is 0 Å². The third-order valence-electron chi connectivity index (χ3n) is 4.10. The van der Waals surface area contributed by atoms with E-state index in [4.69, 9.17) is 0 Å². The van der Waals surface area contributed by atoms with Gasteiger partial charge in [0, 0.05) is 0 Å². The molecule has 0 fully saturated rings. The van der Waals surface area contributed by atoms with Crippen LogP contribution in [0.15, 0.2) is 0 Å². The Morgan fingerprint density at radius 2 is 0.500 bits per heavy atom. The molecule has 0 saturated heterocycles. The molecule has 0 aliphatic rings. The maximum atomic E-state index is 14.5. The fraction of sp³-hybridized carbons (Fsp3) is 0.750. The minimum Gasteiger partial charge on any atom is -0.218 e. The van der Waals surface area contributed by atoms with Crippen LogP contribution in [0.3, 0.4) is 0 Å². The molecule has 0 aliphatic heterocycles. The van der Waals surface area contributed by atoms with E-state index < -0.39 is 71.0 Å². The van der Waals surface area contributed by atoms with Gasteiger partial charge in [0.05, 0.1) is 5.56 Å². The summed E-state index contributed by atoms with van der Waals surface area (Å²) in [7, 11) is 0. The molecule has 0 N–H and O–H groups in total. The number of aromatic nitrogens is 3. The van der Waals surface area contributed by atoms with E-state index in [-0.39, 0.29) is 0 Å². The fourth-order valence-corrected chi connectivity index (χ4v) is 2.44. The molecule has 0 aromatic carbocycles. The summed E-state index contributed by atoms with van der Waals surface area (Å²) in [6.45, 7) is 0. The molecule has 36 heavy (non-hydrogen) atoms. The molecule has 1 heterocycles. The Morgan fingerprint density at radius 1 is 0.306 bits per heavy atom. The molecule has 0 amide bonds. The number of hydrogen-bond acceptors (Lipinski definition) is 3. The van der Waals surface area contributed by atoms with Crippen LogP contribution in [-0.2, 0) is 17.0 Å². The molecule has 1 aromatic heterocycles. The summed E-state index contributed by atoms with van der Waals surface area (Å²) in [4.78, 5) is 0. The van der Waals surface area contributed by atoms with Crippen LogP contribution in [0, 0.1) is 0 Å². The Kier molecular flexibility index (Phi) is 7.03. The molecule has 0 bridgehead atoms. The van der Waals surface area contributed by atoms with Crippen LogP contribution in [0.25, 0.3) is 0 Å². The topological polar surface area (TPSA) is 38.7 Å². The first-order valence-corrected chi connectivity index (χ1v) is 7.57. The second kappa shape index (κ2) is 8.02. The van der Waals surface area contributed by atoms with Gasteiger partial charge < -0.3 is 0 Å². The first kappa shape index (κ1) is 31.6. The van der Waals surface area contributed by atoms with E-state index in [9.17, 15) is 92.2 Å². The summed E-state index contributed by atoms with van der Waals surface area (Å²) < 4.78 is 277. The number of rotatable bonds is 3. The zero-order valence-corrected chi connectivity index (χ0v) is 15.3. The summed E-state index contributed by atoms with van der Waals surface area (Å²) in [5.74, 6) is 0. The Balaban J connectivity index is 4.79. The van der Waals surface area contributed by atoms with E-state index in [0.29, 0.717) is 0 Å². The van der Waals surface area contributed by atoms with Gasteiger partial charge in [-0.25, -0.2) is 13.2 Å². The zero-order chi connectivity index (χ0) is 29.4. The van der Waals surface area contributed by atoms with Crippen LogP contribution in [0.4, 0.5) is 92.2 Å². The SMILES string of the molecule is FC(F)(F)C(F)(c1nnnc(C(F)(C(F)(F)F)C(F)(F)F)c1C(F)(C(F)(F)F)C(F)(F)F)C(F)(F)F. The molecule has 0 radical (unpaired) electrons. The molecule has 0 atom stereocenters. The van der Waals surface area contributed by atoms with Crippen LogP contribution in [-0.4, -0.2) is 52.5 Å². The van der Waals surface area contributed by atoms with Crippen molar-refractivity contribution in [1.29, 1.82) is 0 Å². The molecule has 1 aromatic rings. The van der Waals surface area contributed by atoms with Crippen molar-refractivity contribution in [2.75, 3.05) is 0 Å². The van der Waals surface area contributed by atoms with Gasteiger partial charge in [-0.05, 0) is 5.21 Å². The maximum Gasteiger partial charge on any atom is 0.437 e. The third-order valence-corrected chi connectivity index (χ3v) is 4.10. The number of nitrogens with zero attached hydrogens (tertiary/aromatic N) is 3. The molecule has 0 saturated carbocycles.